The predicted molar refractivity (Wildman–Crippen MR) is 59.1 cm³/mol. The number of carbonyl (C=O) groups is 1. The number of benzene rings is 1. The van der Waals surface area contributed by atoms with E-state index in [1.807, 2.05) is 0 Å². The highest BCUT2D eigenvalue weighted by Gasteiger charge is 2.31. The van der Waals surface area contributed by atoms with Crippen molar-refractivity contribution < 1.29 is 22.7 Å². The number of carboxylic acid groups (broad SMARTS) is 1. The topological polar surface area (TPSA) is 74.7 Å². The Morgan fingerprint density at radius 1 is 1.41 bits per heavy atom. The van der Waals surface area contributed by atoms with E-state index < -0.39 is 21.8 Å². The number of sulfonamides is 1. The molecule has 0 atom stereocenters. The Balaban J connectivity index is 2.56. The second-order valence-corrected chi connectivity index (χ2v) is 5.72. The van der Waals surface area contributed by atoms with Crippen LogP contribution in [0.5, 0.6) is 0 Å². The number of nitrogens with zero attached hydrogens (tertiary/aromatic N) is 1. The SMILES string of the molecule is O=C(O)c1cc(F)ccc1N1CCCS1(=O)=O. The van der Waals surface area contributed by atoms with Gasteiger partial charge in [-0.3, -0.25) is 4.31 Å². The molecule has 17 heavy (non-hydrogen) atoms. The molecule has 0 amide bonds. The summed E-state index contributed by atoms with van der Waals surface area (Å²) in [6.07, 6.45) is 0.443. The molecule has 5 nitrogen and oxygen atoms in total. The zero-order valence-corrected chi connectivity index (χ0v) is 9.58. The lowest BCUT2D eigenvalue weighted by atomic mass is 10.1. The quantitative estimate of drug-likeness (QED) is 0.861. The first-order valence-corrected chi connectivity index (χ1v) is 6.56. The van der Waals surface area contributed by atoms with E-state index in [0.29, 0.717) is 6.42 Å². The van der Waals surface area contributed by atoms with E-state index >= 15 is 0 Å². The fraction of sp³-hybridized carbons (Fsp3) is 0.300. The van der Waals surface area contributed by atoms with E-state index in [1.165, 1.54) is 6.07 Å². The first-order chi connectivity index (χ1) is 7.92. The minimum Gasteiger partial charge on any atom is -0.478 e. The molecule has 1 saturated heterocycles. The molecule has 1 N–H and O–H groups in total. The third kappa shape index (κ3) is 2.10. The van der Waals surface area contributed by atoms with Gasteiger partial charge in [0.2, 0.25) is 10.0 Å². The van der Waals surface area contributed by atoms with Crippen LogP contribution in [0.25, 0.3) is 0 Å². The van der Waals surface area contributed by atoms with Crippen molar-refractivity contribution in [3.05, 3.63) is 29.6 Å². The van der Waals surface area contributed by atoms with Crippen LogP contribution in [0.4, 0.5) is 10.1 Å². The van der Waals surface area contributed by atoms with Crippen LogP contribution < -0.4 is 4.31 Å². The van der Waals surface area contributed by atoms with Gasteiger partial charge in [-0.25, -0.2) is 17.6 Å². The van der Waals surface area contributed by atoms with E-state index in [4.69, 9.17) is 5.11 Å². The Kier molecular flexibility index (Phi) is 2.78. The summed E-state index contributed by atoms with van der Waals surface area (Å²) in [5, 5.41) is 8.93. The first-order valence-electron chi connectivity index (χ1n) is 4.95. The van der Waals surface area contributed by atoms with E-state index in [-0.39, 0.29) is 23.5 Å². The van der Waals surface area contributed by atoms with Crippen molar-refractivity contribution in [3.63, 3.8) is 0 Å². The number of anilines is 1. The van der Waals surface area contributed by atoms with E-state index in [0.717, 1.165) is 16.4 Å². The molecule has 0 spiro atoms. The second kappa shape index (κ2) is 3.99. The predicted octanol–water partition coefficient (Wildman–Crippen LogP) is 1.06. The third-order valence-corrected chi connectivity index (χ3v) is 4.41. The molecule has 7 heteroatoms. The molecule has 1 aliphatic rings. The van der Waals surface area contributed by atoms with Crippen LogP contribution in [-0.4, -0.2) is 31.8 Å². The van der Waals surface area contributed by atoms with Gasteiger partial charge in [-0.2, -0.15) is 0 Å². The van der Waals surface area contributed by atoms with Crippen molar-refractivity contribution in [2.24, 2.45) is 0 Å². The molecule has 1 aromatic carbocycles. The average Bonchev–Trinajstić information content (AvgIpc) is 2.58. The normalized spacial score (nSPS) is 18.3. The lowest BCUT2D eigenvalue weighted by molar-refractivity contribution is 0.0697. The number of aromatic carboxylic acids is 1. The number of rotatable bonds is 2. The second-order valence-electron chi connectivity index (χ2n) is 3.71. The van der Waals surface area contributed by atoms with Crippen LogP contribution in [0.15, 0.2) is 18.2 Å². The van der Waals surface area contributed by atoms with Crippen LogP contribution in [0.2, 0.25) is 0 Å². The first kappa shape index (κ1) is 11.8. The molecule has 0 saturated carbocycles. The molecule has 1 heterocycles. The van der Waals surface area contributed by atoms with Gasteiger partial charge in [0, 0.05) is 6.54 Å². The van der Waals surface area contributed by atoms with Crippen molar-refractivity contribution >= 4 is 21.7 Å². The summed E-state index contributed by atoms with van der Waals surface area (Å²) in [4.78, 5) is 11.0. The highest BCUT2D eigenvalue weighted by molar-refractivity contribution is 7.93. The van der Waals surface area contributed by atoms with E-state index in [9.17, 15) is 17.6 Å². The minimum absolute atomic E-state index is 0.0105. The van der Waals surface area contributed by atoms with Crippen LogP contribution >= 0.6 is 0 Å². The van der Waals surface area contributed by atoms with Gasteiger partial charge in [0.05, 0.1) is 17.0 Å². The van der Waals surface area contributed by atoms with Crippen molar-refractivity contribution in [3.8, 4) is 0 Å². The standard InChI is InChI=1S/C10H10FNO4S/c11-7-2-3-9(8(6-7)10(13)14)12-4-1-5-17(12,15)16/h2-3,6H,1,4-5H2,(H,13,14). The molecule has 2 rings (SSSR count). The Morgan fingerprint density at radius 2 is 2.12 bits per heavy atom. The largest absolute Gasteiger partial charge is 0.478 e. The molecule has 0 bridgehead atoms. The zero-order valence-electron chi connectivity index (χ0n) is 8.76. The Morgan fingerprint density at radius 3 is 2.65 bits per heavy atom. The minimum atomic E-state index is -3.46. The van der Waals surface area contributed by atoms with Crippen LogP contribution in [-0.2, 0) is 10.0 Å². The molecule has 0 unspecified atom stereocenters. The summed E-state index contributed by atoms with van der Waals surface area (Å²) in [6.45, 7) is 0.230. The van der Waals surface area contributed by atoms with Gasteiger partial charge in [0.1, 0.15) is 5.82 Å². The van der Waals surface area contributed by atoms with Crippen LogP contribution in [0.1, 0.15) is 16.8 Å². The van der Waals surface area contributed by atoms with Crippen molar-refractivity contribution in [1.82, 2.24) is 0 Å². The highest BCUT2D eigenvalue weighted by Crippen LogP contribution is 2.28. The van der Waals surface area contributed by atoms with Crippen LogP contribution in [0, 0.1) is 5.82 Å². The van der Waals surface area contributed by atoms with Gasteiger partial charge in [0.15, 0.2) is 0 Å². The van der Waals surface area contributed by atoms with Crippen LogP contribution in [0.3, 0.4) is 0 Å². The average molecular weight is 259 g/mol. The molecule has 1 aromatic rings. The Hall–Kier alpha value is -1.63. The van der Waals surface area contributed by atoms with Gasteiger partial charge in [-0.15, -0.1) is 0 Å². The molecular formula is C10H10FNO4S. The number of carboxylic acids is 1. The number of hydrogen-bond donors (Lipinski definition) is 1. The third-order valence-electron chi connectivity index (χ3n) is 2.56. The summed E-state index contributed by atoms with van der Waals surface area (Å²) in [5.74, 6) is -2.06. The molecule has 1 aliphatic heterocycles. The van der Waals surface area contributed by atoms with Crippen molar-refractivity contribution in [2.75, 3.05) is 16.6 Å². The van der Waals surface area contributed by atoms with Gasteiger partial charge in [-0.1, -0.05) is 0 Å². The summed E-state index contributed by atoms with van der Waals surface area (Å²) in [6, 6.07) is 3.06. The maximum Gasteiger partial charge on any atom is 0.337 e. The smallest absolute Gasteiger partial charge is 0.337 e. The van der Waals surface area contributed by atoms with Gasteiger partial charge in [0.25, 0.3) is 0 Å². The number of hydrogen-bond acceptors (Lipinski definition) is 3. The van der Waals surface area contributed by atoms with Gasteiger partial charge in [-0.05, 0) is 24.6 Å². The Bertz CT molecular complexity index is 570. The van der Waals surface area contributed by atoms with E-state index in [1.54, 1.807) is 0 Å². The maximum absolute atomic E-state index is 13.0. The summed E-state index contributed by atoms with van der Waals surface area (Å²) < 4.78 is 37.3. The van der Waals surface area contributed by atoms with Crippen molar-refractivity contribution in [2.45, 2.75) is 6.42 Å². The van der Waals surface area contributed by atoms with Gasteiger partial charge >= 0.3 is 5.97 Å². The monoisotopic (exact) mass is 259 g/mol. The fourth-order valence-corrected chi connectivity index (χ4v) is 3.39. The summed E-state index contributed by atoms with van der Waals surface area (Å²) >= 11 is 0. The maximum atomic E-state index is 13.0. The molecule has 92 valence electrons. The molecule has 0 radical (unpaired) electrons. The summed E-state index contributed by atoms with van der Waals surface area (Å²) in [5.41, 5.74) is -0.313. The molecule has 1 fully saturated rings. The summed E-state index contributed by atoms with van der Waals surface area (Å²) in [7, 11) is -3.46. The lowest BCUT2D eigenvalue weighted by Gasteiger charge is -2.18. The molecule has 0 aromatic heterocycles. The number of halogens is 1. The fourth-order valence-electron chi connectivity index (χ4n) is 1.81. The lowest BCUT2D eigenvalue weighted by Crippen LogP contribution is -2.27. The highest BCUT2D eigenvalue weighted by atomic mass is 32.2. The van der Waals surface area contributed by atoms with E-state index in [2.05, 4.69) is 0 Å². The van der Waals surface area contributed by atoms with Gasteiger partial charge < -0.3 is 5.11 Å². The van der Waals surface area contributed by atoms with Crippen molar-refractivity contribution in [1.29, 1.82) is 0 Å². The zero-order chi connectivity index (χ0) is 12.6. The molecular weight excluding hydrogens is 249 g/mol. The Labute approximate surface area is 97.5 Å². The molecule has 0 aliphatic carbocycles.